The first-order chi connectivity index (χ1) is 5.66. The van der Waals surface area contributed by atoms with Gasteiger partial charge in [0.1, 0.15) is 0 Å². The van der Waals surface area contributed by atoms with Crippen LogP contribution in [0.4, 0.5) is 0 Å². The van der Waals surface area contributed by atoms with E-state index in [2.05, 4.69) is 13.8 Å². The molecule has 0 spiro atoms. The lowest BCUT2D eigenvalue weighted by Gasteiger charge is -2.08. The molecule has 0 N–H and O–H groups in total. The SMILES string of the molecule is CCCC(C)CCCOC(C)=O. The van der Waals surface area contributed by atoms with Crippen molar-refractivity contribution in [3.05, 3.63) is 0 Å². The van der Waals surface area contributed by atoms with Crippen LogP contribution in [0.25, 0.3) is 0 Å². The quantitative estimate of drug-likeness (QED) is 0.455. The number of ether oxygens (including phenoxy) is 1. The van der Waals surface area contributed by atoms with E-state index >= 15 is 0 Å². The predicted octanol–water partition coefficient (Wildman–Crippen LogP) is 2.77. The van der Waals surface area contributed by atoms with Gasteiger partial charge in [0.25, 0.3) is 0 Å². The molecule has 0 aromatic heterocycles. The first-order valence-corrected chi connectivity index (χ1v) is 4.80. The van der Waals surface area contributed by atoms with Crippen LogP contribution in [-0.2, 0) is 9.53 Å². The number of hydrogen-bond acceptors (Lipinski definition) is 2. The molecule has 2 heteroatoms. The smallest absolute Gasteiger partial charge is 0.302 e. The van der Waals surface area contributed by atoms with E-state index in [0.717, 1.165) is 12.3 Å². The van der Waals surface area contributed by atoms with E-state index in [-0.39, 0.29) is 5.97 Å². The molecule has 0 bridgehead atoms. The largest absolute Gasteiger partial charge is 0.466 e. The van der Waals surface area contributed by atoms with E-state index < -0.39 is 0 Å². The summed E-state index contributed by atoms with van der Waals surface area (Å²) in [6.45, 7) is 6.48. The molecule has 0 aliphatic carbocycles. The fraction of sp³-hybridized carbons (Fsp3) is 0.900. The van der Waals surface area contributed by atoms with Gasteiger partial charge >= 0.3 is 5.97 Å². The maximum absolute atomic E-state index is 10.4. The van der Waals surface area contributed by atoms with Crippen LogP contribution < -0.4 is 0 Å². The molecule has 0 saturated heterocycles. The van der Waals surface area contributed by atoms with Crippen molar-refractivity contribution in [1.29, 1.82) is 0 Å². The zero-order valence-corrected chi connectivity index (χ0v) is 8.43. The van der Waals surface area contributed by atoms with Crippen molar-refractivity contribution in [3.8, 4) is 0 Å². The highest BCUT2D eigenvalue weighted by Crippen LogP contribution is 2.11. The Kier molecular flexibility index (Phi) is 6.82. The van der Waals surface area contributed by atoms with Gasteiger partial charge in [-0.05, 0) is 18.8 Å². The summed E-state index contributed by atoms with van der Waals surface area (Å²) in [5, 5.41) is 0. The highest BCUT2D eigenvalue weighted by molar-refractivity contribution is 5.65. The molecule has 2 nitrogen and oxygen atoms in total. The normalized spacial score (nSPS) is 12.6. The third-order valence-corrected chi connectivity index (χ3v) is 1.93. The molecule has 0 aliphatic heterocycles. The third-order valence-electron chi connectivity index (χ3n) is 1.93. The predicted molar refractivity (Wildman–Crippen MR) is 49.9 cm³/mol. The minimum absolute atomic E-state index is 0.168. The van der Waals surface area contributed by atoms with Crippen molar-refractivity contribution in [2.24, 2.45) is 5.92 Å². The molecular formula is C10H20O2. The Morgan fingerprint density at radius 3 is 2.58 bits per heavy atom. The summed E-state index contributed by atoms with van der Waals surface area (Å²) in [5.41, 5.74) is 0. The summed E-state index contributed by atoms with van der Waals surface area (Å²) in [6.07, 6.45) is 4.69. The highest BCUT2D eigenvalue weighted by atomic mass is 16.5. The van der Waals surface area contributed by atoms with E-state index in [0.29, 0.717) is 6.61 Å². The molecule has 0 aromatic rings. The minimum atomic E-state index is -0.168. The average molecular weight is 172 g/mol. The Bertz CT molecular complexity index is 121. The Morgan fingerprint density at radius 1 is 1.42 bits per heavy atom. The first-order valence-electron chi connectivity index (χ1n) is 4.80. The van der Waals surface area contributed by atoms with Crippen LogP contribution in [-0.4, -0.2) is 12.6 Å². The number of carbonyl (C=O) groups excluding carboxylic acids is 1. The molecule has 72 valence electrons. The molecule has 0 saturated carbocycles. The molecule has 0 aromatic carbocycles. The van der Waals surface area contributed by atoms with Gasteiger partial charge in [0.15, 0.2) is 0 Å². The first kappa shape index (κ1) is 11.5. The zero-order valence-electron chi connectivity index (χ0n) is 8.43. The number of hydrogen-bond donors (Lipinski definition) is 0. The fourth-order valence-corrected chi connectivity index (χ4v) is 1.28. The number of rotatable bonds is 6. The Morgan fingerprint density at radius 2 is 2.08 bits per heavy atom. The minimum Gasteiger partial charge on any atom is -0.466 e. The summed E-state index contributed by atoms with van der Waals surface area (Å²) < 4.78 is 4.83. The summed E-state index contributed by atoms with van der Waals surface area (Å²) in [5.74, 6) is 0.601. The lowest BCUT2D eigenvalue weighted by atomic mass is 10.0. The van der Waals surface area contributed by atoms with E-state index in [1.54, 1.807) is 0 Å². The second kappa shape index (κ2) is 7.14. The topological polar surface area (TPSA) is 26.3 Å². The summed E-state index contributed by atoms with van der Waals surface area (Å²) in [7, 11) is 0. The summed E-state index contributed by atoms with van der Waals surface area (Å²) in [4.78, 5) is 10.4. The van der Waals surface area contributed by atoms with E-state index in [1.807, 2.05) is 0 Å². The summed E-state index contributed by atoms with van der Waals surface area (Å²) >= 11 is 0. The standard InChI is InChI=1S/C10H20O2/c1-4-6-9(2)7-5-8-12-10(3)11/h9H,4-8H2,1-3H3. The molecule has 0 rings (SSSR count). The van der Waals surface area contributed by atoms with Crippen LogP contribution in [0, 0.1) is 5.92 Å². The van der Waals surface area contributed by atoms with E-state index in [9.17, 15) is 4.79 Å². The van der Waals surface area contributed by atoms with Crippen molar-refractivity contribution >= 4 is 5.97 Å². The molecule has 12 heavy (non-hydrogen) atoms. The Labute approximate surface area is 75.3 Å². The van der Waals surface area contributed by atoms with Crippen LogP contribution in [0.5, 0.6) is 0 Å². The number of carbonyl (C=O) groups is 1. The molecule has 0 aliphatic rings. The van der Waals surface area contributed by atoms with Crippen molar-refractivity contribution in [2.75, 3.05) is 6.61 Å². The van der Waals surface area contributed by atoms with Crippen LogP contribution in [0.3, 0.4) is 0 Å². The lowest BCUT2D eigenvalue weighted by Crippen LogP contribution is -2.02. The second-order valence-corrected chi connectivity index (χ2v) is 3.38. The van der Waals surface area contributed by atoms with Gasteiger partial charge in [-0.1, -0.05) is 26.7 Å². The Balaban J connectivity index is 3.13. The molecule has 0 amide bonds. The molecule has 1 unspecified atom stereocenters. The average Bonchev–Trinajstić information content (AvgIpc) is 1.98. The molecule has 0 heterocycles. The van der Waals surface area contributed by atoms with Crippen molar-refractivity contribution < 1.29 is 9.53 Å². The maximum Gasteiger partial charge on any atom is 0.302 e. The lowest BCUT2D eigenvalue weighted by molar-refractivity contribution is -0.141. The van der Waals surface area contributed by atoms with E-state index in [1.165, 1.54) is 26.2 Å². The molecule has 0 radical (unpaired) electrons. The zero-order chi connectivity index (χ0) is 9.40. The van der Waals surface area contributed by atoms with Gasteiger partial charge in [0.05, 0.1) is 6.61 Å². The van der Waals surface area contributed by atoms with Crippen molar-refractivity contribution in [1.82, 2.24) is 0 Å². The van der Waals surface area contributed by atoms with Gasteiger partial charge in [-0.15, -0.1) is 0 Å². The molecule has 1 atom stereocenters. The highest BCUT2D eigenvalue weighted by Gasteiger charge is 2.00. The van der Waals surface area contributed by atoms with Crippen LogP contribution in [0.2, 0.25) is 0 Å². The second-order valence-electron chi connectivity index (χ2n) is 3.38. The van der Waals surface area contributed by atoms with Crippen molar-refractivity contribution in [3.63, 3.8) is 0 Å². The van der Waals surface area contributed by atoms with Gasteiger partial charge in [-0.3, -0.25) is 4.79 Å². The fourth-order valence-electron chi connectivity index (χ4n) is 1.28. The van der Waals surface area contributed by atoms with Crippen LogP contribution in [0.15, 0.2) is 0 Å². The summed E-state index contributed by atoms with van der Waals surface area (Å²) in [6, 6.07) is 0. The van der Waals surface area contributed by atoms with Gasteiger partial charge in [0.2, 0.25) is 0 Å². The van der Waals surface area contributed by atoms with E-state index in [4.69, 9.17) is 4.74 Å². The van der Waals surface area contributed by atoms with Gasteiger partial charge in [-0.2, -0.15) is 0 Å². The monoisotopic (exact) mass is 172 g/mol. The molecular weight excluding hydrogens is 152 g/mol. The number of esters is 1. The van der Waals surface area contributed by atoms with Crippen LogP contribution in [0.1, 0.15) is 46.5 Å². The Hall–Kier alpha value is -0.530. The van der Waals surface area contributed by atoms with Gasteiger partial charge in [-0.25, -0.2) is 0 Å². The third kappa shape index (κ3) is 7.58. The van der Waals surface area contributed by atoms with Gasteiger partial charge in [0, 0.05) is 6.92 Å². The van der Waals surface area contributed by atoms with Gasteiger partial charge < -0.3 is 4.74 Å². The maximum atomic E-state index is 10.4. The van der Waals surface area contributed by atoms with Crippen molar-refractivity contribution in [2.45, 2.75) is 46.5 Å². The van der Waals surface area contributed by atoms with Crippen LogP contribution >= 0.6 is 0 Å². The molecule has 0 fully saturated rings.